The van der Waals surface area contributed by atoms with Crippen molar-refractivity contribution in [2.24, 2.45) is 0 Å². The normalized spacial score (nSPS) is 11.5. The van der Waals surface area contributed by atoms with Crippen LogP contribution in [0.3, 0.4) is 0 Å². The van der Waals surface area contributed by atoms with E-state index in [-0.39, 0.29) is 5.54 Å². The molecule has 0 fully saturated rings. The smallest absolute Gasteiger partial charge is 0.146 e. The Morgan fingerprint density at radius 2 is 1.87 bits per heavy atom. The molecular formula is C11H20N4. The molecule has 1 N–H and O–H groups in total. The topological polar surface area (TPSA) is 41.1 Å². The first kappa shape index (κ1) is 11.9. The van der Waals surface area contributed by atoms with Crippen molar-refractivity contribution in [3.05, 3.63) is 18.1 Å². The van der Waals surface area contributed by atoms with Crippen molar-refractivity contribution >= 4 is 5.82 Å². The van der Waals surface area contributed by atoms with Gasteiger partial charge in [-0.25, -0.2) is 4.98 Å². The summed E-state index contributed by atoms with van der Waals surface area (Å²) in [5.74, 6) is 0.884. The molecule has 0 unspecified atom stereocenters. The lowest BCUT2D eigenvalue weighted by Gasteiger charge is -2.20. The number of hydrogen-bond acceptors (Lipinski definition) is 4. The van der Waals surface area contributed by atoms with E-state index in [2.05, 4.69) is 36.1 Å². The number of nitrogens with zero attached hydrogens (tertiary/aromatic N) is 3. The summed E-state index contributed by atoms with van der Waals surface area (Å²) in [4.78, 5) is 10.6. The maximum Gasteiger partial charge on any atom is 0.146 e. The standard InChI is InChI=1S/C11H20N4/c1-11(2,3)14-7-9-6-13-10(8-12-9)15(4)5/h6,8,14H,7H2,1-5H3. The van der Waals surface area contributed by atoms with Crippen molar-refractivity contribution < 1.29 is 0 Å². The molecule has 0 saturated heterocycles. The SMILES string of the molecule is CN(C)c1cnc(CNC(C)(C)C)cn1. The number of nitrogens with one attached hydrogen (secondary N) is 1. The molecule has 1 heterocycles. The first-order valence-corrected chi connectivity index (χ1v) is 5.12. The number of aromatic nitrogens is 2. The Morgan fingerprint density at radius 3 is 2.27 bits per heavy atom. The Balaban J connectivity index is 2.57. The first-order valence-electron chi connectivity index (χ1n) is 5.12. The van der Waals surface area contributed by atoms with E-state index in [1.54, 1.807) is 6.20 Å². The van der Waals surface area contributed by atoms with Gasteiger partial charge >= 0.3 is 0 Å². The second kappa shape index (κ2) is 4.57. The Bertz CT molecular complexity index is 297. The van der Waals surface area contributed by atoms with Gasteiger partial charge in [0.05, 0.1) is 18.1 Å². The van der Waals surface area contributed by atoms with Crippen LogP contribution in [-0.2, 0) is 6.54 Å². The van der Waals surface area contributed by atoms with E-state index in [1.165, 1.54) is 0 Å². The van der Waals surface area contributed by atoms with Gasteiger partial charge < -0.3 is 10.2 Å². The van der Waals surface area contributed by atoms with Crippen molar-refractivity contribution in [1.29, 1.82) is 0 Å². The number of rotatable bonds is 3. The lowest BCUT2D eigenvalue weighted by atomic mass is 10.1. The molecule has 0 bridgehead atoms. The Hall–Kier alpha value is -1.16. The summed E-state index contributed by atoms with van der Waals surface area (Å²) in [6, 6.07) is 0. The third-order valence-electron chi connectivity index (χ3n) is 1.95. The van der Waals surface area contributed by atoms with Crippen LogP contribution in [0.25, 0.3) is 0 Å². The van der Waals surface area contributed by atoms with Gasteiger partial charge in [-0.2, -0.15) is 0 Å². The van der Waals surface area contributed by atoms with Crippen LogP contribution in [0.1, 0.15) is 26.5 Å². The predicted molar refractivity (Wildman–Crippen MR) is 63.0 cm³/mol. The van der Waals surface area contributed by atoms with Gasteiger partial charge in [0.2, 0.25) is 0 Å². The zero-order valence-electron chi connectivity index (χ0n) is 10.2. The van der Waals surface area contributed by atoms with Crippen LogP contribution >= 0.6 is 0 Å². The van der Waals surface area contributed by atoms with Gasteiger partial charge in [-0.05, 0) is 20.8 Å². The minimum Gasteiger partial charge on any atom is -0.361 e. The van der Waals surface area contributed by atoms with Crippen molar-refractivity contribution in [3.63, 3.8) is 0 Å². The second-order valence-corrected chi connectivity index (χ2v) is 4.86. The van der Waals surface area contributed by atoms with Crippen LogP contribution in [-0.4, -0.2) is 29.6 Å². The summed E-state index contributed by atoms with van der Waals surface area (Å²) in [6.07, 6.45) is 3.60. The van der Waals surface area contributed by atoms with Crippen LogP contribution in [0.5, 0.6) is 0 Å². The molecule has 0 saturated carbocycles. The third kappa shape index (κ3) is 4.25. The summed E-state index contributed by atoms with van der Waals surface area (Å²) in [7, 11) is 3.91. The molecule has 1 aromatic rings. The van der Waals surface area contributed by atoms with E-state index >= 15 is 0 Å². The Morgan fingerprint density at radius 1 is 1.20 bits per heavy atom. The van der Waals surface area contributed by atoms with E-state index in [1.807, 2.05) is 25.2 Å². The Kier molecular flexibility index (Phi) is 3.63. The number of anilines is 1. The summed E-state index contributed by atoms with van der Waals surface area (Å²) in [5, 5.41) is 3.37. The molecule has 15 heavy (non-hydrogen) atoms. The molecule has 0 amide bonds. The zero-order chi connectivity index (χ0) is 11.5. The molecule has 1 aromatic heterocycles. The van der Waals surface area contributed by atoms with Gasteiger partial charge in [-0.3, -0.25) is 4.98 Å². The highest BCUT2D eigenvalue weighted by Gasteiger charge is 2.08. The molecule has 0 aliphatic carbocycles. The van der Waals surface area contributed by atoms with Crippen molar-refractivity contribution in [3.8, 4) is 0 Å². The van der Waals surface area contributed by atoms with Crippen LogP contribution in [0, 0.1) is 0 Å². The summed E-state index contributed by atoms with van der Waals surface area (Å²) in [6.45, 7) is 7.15. The molecule has 0 aliphatic heterocycles. The summed E-state index contributed by atoms with van der Waals surface area (Å²) >= 11 is 0. The molecule has 0 spiro atoms. The van der Waals surface area contributed by atoms with Crippen LogP contribution in [0.4, 0.5) is 5.82 Å². The fourth-order valence-corrected chi connectivity index (χ4v) is 1.03. The fourth-order valence-electron chi connectivity index (χ4n) is 1.03. The molecule has 0 radical (unpaired) electrons. The van der Waals surface area contributed by atoms with Gasteiger partial charge in [-0.1, -0.05) is 0 Å². The monoisotopic (exact) mass is 208 g/mol. The molecule has 0 aromatic carbocycles. The predicted octanol–water partition coefficient (Wildman–Crippen LogP) is 1.43. The van der Waals surface area contributed by atoms with Crippen LogP contribution in [0.15, 0.2) is 12.4 Å². The molecule has 0 aliphatic rings. The van der Waals surface area contributed by atoms with E-state index in [0.717, 1.165) is 18.1 Å². The van der Waals surface area contributed by atoms with Gasteiger partial charge in [0.1, 0.15) is 5.82 Å². The molecule has 0 atom stereocenters. The zero-order valence-corrected chi connectivity index (χ0v) is 10.2. The highest BCUT2D eigenvalue weighted by molar-refractivity contribution is 5.32. The van der Waals surface area contributed by atoms with Crippen LogP contribution < -0.4 is 10.2 Å². The van der Waals surface area contributed by atoms with Crippen molar-refractivity contribution in [2.75, 3.05) is 19.0 Å². The summed E-state index contributed by atoms with van der Waals surface area (Å²) in [5.41, 5.74) is 1.08. The molecule has 4 heteroatoms. The highest BCUT2D eigenvalue weighted by atomic mass is 15.1. The van der Waals surface area contributed by atoms with Gasteiger partial charge in [0.25, 0.3) is 0 Å². The largest absolute Gasteiger partial charge is 0.361 e. The lowest BCUT2D eigenvalue weighted by molar-refractivity contribution is 0.421. The fraction of sp³-hybridized carbons (Fsp3) is 0.636. The third-order valence-corrected chi connectivity index (χ3v) is 1.95. The van der Waals surface area contributed by atoms with E-state index in [0.29, 0.717) is 0 Å². The Labute approximate surface area is 91.7 Å². The van der Waals surface area contributed by atoms with Gasteiger partial charge in [-0.15, -0.1) is 0 Å². The molecule has 84 valence electrons. The maximum absolute atomic E-state index is 4.34. The quantitative estimate of drug-likeness (QED) is 0.816. The average Bonchev–Trinajstić information content (AvgIpc) is 2.14. The molecular weight excluding hydrogens is 188 g/mol. The van der Waals surface area contributed by atoms with Crippen molar-refractivity contribution in [2.45, 2.75) is 32.9 Å². The van der Waals surface area contributed by atoms with Gasteiger partial charge in [0, 0.05) is 26.2 Å². The van der Waals surface area contributed by atoms with Gasteiger partial charge in [0.15, 0.2) is 0 Å². The van der Waals surface area contributed by atoms with Crippen LogP contribution in [0.2, 0.25) is 0 Å². The molecule has 1 rings (SSSR count). The molecule has 4 nitrogen and oxygen atoms in total. The first-order chi connectivity index (χ1) is 6.88. The second-order valence-electron chi connectivity index (χ2n) is 4.86. The highest BCUT2D eigenvalue weighted by Crippen LogP contribution is 2.05. The number of hydrogen-bond donors (Lipinski definition) is 1. The average molecular weight is 208 g/mol. The van der Waals surface area contributed by atoms with E-state index < -0.39 is 0 Å². The maximum atomic E-state index is 4.34. The minimum absolute atomic E-state index is 0.113. The summed E-state index contributed by atoms with van der Waals surface area (Å²) < 4.78 is 0. The van der Waals surface area contributed by atoms with E-state index in [9.17, 15) is 0 Å². The van der Waals surface area contributed by atoms with Crippen molar-refractivity contribution in [1.82, 2.24) is 15.3 Å². The minimum atomic E-state index is 0.113. The lowest BCUT2D eigenvalue weighted by Crippen LogP contribution is -2.35. The van der Waals surface area contributed by atoms with E-state index in [4.69, 9.17) is 0 Å².